The maximum atomic E-state index is 8.59. The number of aliphatic hydroxyl groups excluding tert-OH is 1. The van der Waals surface area contributed by atoms with Crippen molar-refractivity contribution in [2.75, 3.05) is 13.2 Å². The highest BCUT2D eigenvalue weighted by Crippen LogP contribution is 2.17. The van der Waals surface area contributed by atoms with Crippen LogP contribution in [0.3, 0.4) is 0 Å². The lowest BCUT2D eigenvalue weighted by molar-refractivity contribution is 0.280. The van der Waals surface area contributed by atoms with Gasteiger partial charge in [0.2, 0.25) is 0 Å². The molecule has 1 saturated carbocycles. The van der Waals surface area contributed by atoms with Crippen molar-refractivity contribution in [2.45, 2.75) is 51.0 Å². The molecule has 0 heterocycles. The largest absolute Gasteiger partial charge is 0.396 e. The zero-order chi connectivity index (χ0) is 8.65. The molecular weight excluding hydrogens is 150 g/mol. The Labute approximate surface area is 75.4 Å². The SMILES string of the molecule is OCCC[N]C1CCCCCC1. The average molecular weight is 170 g/mol. The molecule has 0 aromatic rings. The molecule has 2 nitrogen and oxygen atoms in total. The standard InChI is InChI=1S/C10H20NO/c12-9-5-8-11-10-6-3-1-2-4-7-10/h10,12H,1-9H2. The Bertz CT molecular complexity index is 98.0. The fourth-order valence-corrected chi connectivity index (χ4v) is 1.78. The van der Waals surface area contributed by atoms with E-state index in [-0.39, 0.29) is 6.61 Å². The van der Waals surface area contributed by atoms with Crippen LogP contribution < -0.4 is 5.32 Å². The molecule has 0 aromatic heterocycles. The van der Waals surface area contributed by atoms with E-state index in [0.717, 1.165) is 13.0 Å². The quantitative estimate of drug-likeness (QED) is 0.505. The van der Waals surface area contributed by atoms with Gasteiger partial charge in [-0.2, -0.15) is 0 Å². The third-order valence-electron chi connectivity index (χ3n) is 2.53. The lowest BCUT2D eigenvalue weighted by Crippen LogP contribution is -2.22. The van der Waals surface area contributed by atoms with E-state index in [4.69, 9.17) is 5.11 Å². The smallest absolute Gasteiger partial charge is 0.0443 e. The van der Waals surface area contributed by atoms with Gasteiger partial charge < -0.3 is 5.11 Å². The van der Waals surface area contributed by atoms with Crippen molar-refractivity contribution in [3.05, 3.63) is 0 Å². The Morgan fingerprint density at radius 2 is 1.75 bits per heavy atom. The van der Waals surface area contributed by atoms with Crippen LogP contribution in [-0.4, -0.2) is 24.3 Å². The third kappa shape index (κ3) is 4.07. The summed E-state index contributed by atoms with van der Waals surface area (Å²) in [6.07, 6.45) is 8.91. The number of nitrogens with zero attached hydrogens (tertiary/aromatic N) is 1. The highest BCUT2D eigenvalue weighted by molar-refractivity contribution is 4.69. The zero-order valence-electron chi connectivity index (χ0n) is 7.84. The van der Waals surface area contributed by atoms with Gasteiger partial charge in [-0.15, -0.1) is 0 Å². The maximum absolute atomic E-state index is 8.59. The molecule has 0 atom stereocenters. The monoisotopic (exact) mass is 170 g/mol. The second-order valence-corrected chi connectivity index (χ2v) is 3.63. The number of hydrogen-bond acceptors (Lipinski definition) is 1. The minimum absolute atomic E-state index is 0.288. The van der Waals surface area contributed by atoms with Gasteiger partial charge in [-0.1, -0.05) is 25.7 Å². The van der Waals surface area contributed by atoms with Crippen LogP contribution in [0.1, 0.15) is 44.9 Å². The van der Waals surface area contributed by atoms with E-state index in [0.29, 0.717) is 6.04 Å². The molecule has 0 aliphatic heterocycles. The Hall–Kier alpha value is -0.0800. The highest BCUT2D eigenvalue weighted by Gasteiger charge is 2.11. The van der Waals surface area contributed by atoms with Gasteiger partial charge in [0.25, 0.3) is 0 Å². The van der Waals surface area contributed by atoms with E-state index in [1.807, 2.05) is 0 Å². The summed E-state index contributed by atoms with van der Waals surface area (Å²) in [5.74, 6) is 0. The van der Waals surface area contributed by atoms with Crippen LogP contribution in [0.4, 0.5) is 0 Å². The van der Waals surface area contributed by atoms with E-state index in [9.17, 15) is 0 Å². The molecule has 1 N–H and O–H groups in total. The van der Waals surface area contributed by atoms with Crippen molar-refractivity contribution >= 4 is 0 Å². The van der Waals surface area contributed by atoms with E-state index < -0.39 is 0 Å². The van der Waals surface area contributed by atoms with Crippen LogP contribution in [0.15, 0.2) is 0 Å². The Balaban J connectivity index is 2.04. The summed E-state index contributed by atoms with van der Waals surface area (Å²) in [7, 11) is 0. The fourth-order valence-electron chi connectivity index (χ4n) is 1.78. The Morgan fingerprint density at radius 1 is 1.08 bits per heavy atom. The predicted molar refractivity (Wildman–Crippen MR) is 50.2 cm³/mol. The summed E-state index contributed by atoms with van der Waals surface area (Å²) < 4.78 is 0. The molecule has 12 heavy (non-hydrogen) atoms. The average Bonchev–Trinajstić information content (AvgIpc) is 2.33. The highest BCUT2D eigenvalue weighted by atomic mass is 16.3. The van der Waals surface area contributed by atoms with Crippen LogP contribution in [0.2, 0.25) is 0 Å². The molecule has 0 aromatic carbocycles. The summed E-state index contributed by atoms with van der Waals surface area (Å²) in [6, 6.07) is 0.610. The number of aliphatic hydroxyl groups is 1. The van der Waals surface area contributed by atoms with Crippen LogP contribution in [0.25, 0.3) is 0 Å². The maximum Gasteiger partial charge on any atom is 0.0443 e. The molecule has 1 radical (unpaired) electrons. The molecular formula is C10H20NO. The van der Waals surface area contributed by atoms with Crippen LogP contribution in [-0.2, 0) is 0 Å². The van der Waals surface area contributed by atoms with Gasteiger partial charge in [-0.25, -0.2) is 5.32 Å². The number of hydrogen-bond donors (Lipinski definition) is 1. The minimum atomic E-state index is 0.288. The first-order chi connectivity index (χ1) is 5.93. The Kier molecular flexibility index (Phi) is 5.37. The molecule has 0 amide bonds. The van der Waals surface area contributed by atoms with Crippen LogP contribution in [0.5, 0.6) is 0 Å². The first-order valence-corrected chi connectivity index (χ1v) is 5.21. The predicted octanol–water partition coefficient (Wildman–Crippen LogP) is 1.70. The summed E-state index contributed by atoms with van der Waals surface area (Å²) in [6.45, 7) is 1.15. The Morgan fingerprint density at radius 3 is 2.33 bits per heavy atom. The molecule has 0 bridgehead atoms. The first kappa shape index (κ1) is 10.0. The van der Waals surface area contributed by atoms with Gasteiger partial charge >= 0.3 is 0 Å². The van der Waals surface area contributed by atoms with E-state index in [1.165, 1.54) is 38.5 Å². The minimum Gasteiger partial charge on any atom is -0.396 e. The normalized spacial score (nSPS) is 20.8. The molecule has 0 saturated heterocycles. The molecule has 1 aliphatic carbocycles. The van der Waals surface area contributed by atoms with Crippen molar-refractivity contribution in [3.8, 4) is 0 Å². The number of rotatable bonds is 4. The van der Waals surface area contributed by atoms with Gasteiger partial charge in [0.05, 0.1) is 0 Å². The molecule has 2 heteroatoms. The van der Waals surface area contributed by atoms with Crippen molar-refractivity contribution in [2.24, 2.45) is 0 Å². The topological polar surface area (TPSA) is 34.3 Å². The second kappa shape index (κ2) is 6.44. The van der Waals surface area contributed by atoms with Crippen molar-refractivity contribution in [1.82, 2.24) is 5.32 Å². The molecule has 1 fully saturated rings. The van der Waals surface area contributed by atoms with Gasteiger partial charge in [-0.3, -0.25) is 0 Å². The van der Waals surface area contributed by atoms with Crippen LogP contribution >= 0.6 is 0 Å². The second-order valence-electron chi connectivity index (χ2n) is 3.63. The molecule has 0 unspecified atom stereocenters. The first-order valence-electron chi connectivity index (χ1n) is 5.21. The lowest BCUT2D eigenvalue weighted by atomic mass is 10.1. The molecule has 71 valence electrons. The van der Waals surface area contributed by atoms with E-state index in [1.54, 1.807) is 0 Å². The van der Waals surface area contributed by atoms with Gasteiger partial charge in [0, 0.05) is 19.2 Å². The summed E-state index contributed by atoms with van der Waals surface area (Å²) >= 11 is 0. The summed E-state index contributed by atoms with van der Waals surface area (Å²) in [5.41, 5.74) is 0. The summed E-state index contributed by atoms with van der Waals surface area (Å²) in [4.78, 5) is 0. The van der Waals surface area contributed by atoms with Crippen molar-refractivity contribution < 1.29 is 5.11 Å². The van der Waals surface area contributed by atoms with Crippen LogP contribution in [0, 0.1) is 0 Å². The van der Waals surface area contributed by atoms with Crippen molar-refractivity contribution in [1.29, 1.82) is 0 Å². The van der Waals surface area contributed by atoms with Gasteiger partial charge in [-0.05, 0) is 19.3 Å². The van der Waals surface area contributed by atoms with E-state index in [2.05, 4.69) is 5.32 Å². The van der Waals surface area contributed by atoms with Gasteiger partial charge in [0.15, 0.2) is 0 Å². The summed E-state index contributed by atoms with van der Waals surface area (Å²) in [5, 5.41) is 13.2. The lowest BCUT2D eigenvalue weighted by Gasteiger charge is -2.12. The molecule has 1 aliphatic rings. The molecule has 1 rings (SSSR count). The third-order valence-corrected chi connectivity index (χ3v) is 2.53. The van der Waals surface area contributed by atoms with Crippen molar-refractivity contribution in [3.63, 3.8) is 0 Å². The molecule has 0 spiro atoms. The van der Waals surface area contributed by atoms with E-state index >= 15 is 0 Å². The fraction of sp³-hybridized carbons (Fsp3) is 1.00. The zero-order valence-corrected chi connectivity index (χ0v) is 7.84. The van der Waals surface area contributed by atoms with Gasteiger partial charge in [0.1, 0.15) is 0 Å².